The third-order valence-corrected chi connectivity index (χ3v) is 3.18. The lowest BCUT2D eigenvalue weighted by molar-refractivity contribution is 0.619. The third kappa shape index (κ3) is 1.93. The molecule has 1 N–H and O–H groups in total. The fraction of sp³-hybridized carbons (Fsp3) is 0.143. The van der Waals surface area contributed by atoms with Gasteiger partial charge in [-0.05, 0) is 25.1 Å². The number of hydrogen-bond donors (Lipinski definition) is 1. The molecule has 0 saturated carbocycles. The summed E-state index contributed by atoms with van der Waals surface area (Å²) < 4.78 is 15.5. The topological polar surface area (TPSA) is 42.7 Å². The second-order valence-electron chi connectivity index (χ2n) is 4.42. The SMILES string of the molecule is Cc1c(F)cccc1Nc1ncnc2ccn(C)c12. The minimum absolute atomic E-state index is 0.234. The number of aryl methyl sites for hydroxylation is 1. The van der Waals surface area contributed by atoms with Crippen LogP contribution in [0.15, 0.2) is 36.8 Å². The van der Waals surface area contributed by atoms with Gasteiger partial charge in [0.1, 0.15) is 17.7 Å². The van der Waals surface area contributed by atoms with Gasteiger partial charge in [-0.1, -0.05) is 6.07 Å². The zero-order valence-electron chi connectivity index (χ0n) is 10.7. The first-order valence-corrected chi connectivity index (χ1v) is 5.95. The molecule has 0 amide bonds. The van der Waals surface area contributed by atoms with Crippen LogP contribution < -0.4 is 5.32 Å². The maximum absolute atomic E-state index is 13.5. The van der Waals surface area contributed by atoms with Gasteiger partial charge in [0.2, 0.25) is 0 Å². The summed E-state index contributed by atoms with van der Waals surface area (Å²) >= 11 is 0. The van der Waals surface area contributed by atoms with Crippen molar-refractivity contribution >= 4 is 22.5 Å². The molecule has 96 valence electrons. The lowest BCUT2D eigenvalue weighted by Gasteiger charge is -2.10. The Morgan fingerprint density at radius 3 is 2.89 bits per heavy atom. The van der Waals surface area contributed by atoms with Gasteiger partial charge in [-0.15, -0.1) is 0 Å². The van der Waals surface area contributed by atoms with Gasteiger partial charge in [0.15, 0.2) is 5.82 Å². The summed E-state index contributed by atoms with van der Waals surface area (Å²) in [5, 5.41) is 3.17. The minimum Gasteiger partial charge on any atom is -0.346 e. The second-order valence-corrected chi connectivity index (χ2v) is 4.42. The van der Waals surface area contributed by atoms with Crippen molar-refractivity contribution in [3.05, 3.63) is 48.2 Å². The molecule has 3 aromatic rings. The third-order valence-electron chi connectivity index (χ3n) is 3.18. The van der Waals surface area contributed by atoms with E-state index in [0.717, 1.165) is 11.0 Å². The molecule has 3 rings (SSSR count). The first-order chi connectivity index (χ1) is 9.16. The Bertz CT molecular complexity index is 748. The molecular weight excluding hydrogens is 243 g/mol. The van der Waals surface area contributed by atoms with Crippen LogP contribution in [0.2, 0.25) is 0 Å². The first kappa shape index (κ1) is 11.6. The van der Waals surface area contributed by atoms with Crippen LogP contribution in [0.5, 0.6) is 0 Å². The molecule has 5 heteroatoms. The van der Waals surface area contributed by atoms with Crippen molar-refractivity contribution in [1.82, 2.24) is 14.5 Å². The quantitative estimate of drug-likeness (QED) is 0.765. The van der Waals surface area contributed by atoms with E-state index in [0.29, 0.717) is 17.1 Å². The highest BCUT2D eigenvalue weighted by molar-refractivity contribution is 5.88. The van der Waals surface area contributed by atoms with Crippen molar-refractivity contribution in [2.24, 2.45) is 7.05 Å². The average Bonchev–Trinajstić information content (AvgIpc) is 2.78. The van der Waals surface area contributed by atoms with E-state index in [4.69, 9.17) is 0 Å². The van der Waals surface area contributed by atoms with Gasteiger partial charge < -0.3 is 9.88 Å². The first-order valence-electron chi connectivity index (χ1n) is 5.95. The summed E-state index contributed by atoms with van der Waals surface area (Å²) in [5.41, 5.74) is 3.03. The van der Waals surface area contributed by atoms with Crippen LogP contribution in [0.4, 0.5) is 15.9 Å². The van der Waals surface area contributed by atoms with E-state index < -0.39 is 0 Å². The van der Waals surface area contributed by atoms with E-state index in [-0.39, 0.29) is 5.82 Å². The number of fused-ring (bicyclic) bond motifs is 1. The Hall–Kier alpha value is -2.43. The summed E-state index contributed by atoms with van der Waals surface area (Å²) in [4.78, 5) is 8.44. The van der Waals surface area contributed by atoms with Crippen molar-refractivity contribution in [3.8, 4) is 0 Å². The molecule has 0 unspecified atom stereocenters. The van der Waals surface area contributed by atoms with Crippen LogP contribution in [0.1, 0.15) is 5.56 Å². The Morgan fingerprint density at radius 2 is 2.05 bits per heavy atom. The molecule has 2 aromatic heterocycles. The Balaban J connectivity index is 2.11. The van der Waals surface area contributed by atoms with Crippen LogP contribution in [-0.4, -0.2) is 14.5 Å². The number of aromatic nitrogens is 3. The Morgan fingerprint density at radius 1 is 1.21 bits per heavy atom. The maximum Gasteiger partial charge on any atom is 0.158 e. The fourth-order valence-electron chi connectivity index (χ4n) is 2.08. The summed E-state index contributed by atoms with van der Waals surface area (Å²) in [7, 11) is 1.93. The van der Waals surface area contributed by atoms with Gasteiger partial charge >= 0.3 is 0 Å². The molecule has 0 atom stereocenters. The summed E-state index contributed by atoms with van der Waals surface area (Å²) in [6.45, 7) is 1.74. The summed E-state index contributed by atoms with van der Waals surface area (Å²) in [6.07, 6.45) is 3.42. The highest BCUT2D eigenvalue weighted by Gasteiger charge is 2.09. The molecule has 2 heterocycles. The monoisotopic (exact) mass is 256 g/mol. The van der Waals surface area contributed by atoms with Gasteiger partial charge in [-0.3, -0.25) is 0 Å². The predicted molar refractivity (Wildman–Crippen MR) is 72.9 cm³/mol. The largest absolute Gasteiger partial charge is 0.346 e. The average molecular weight is 256 g/mol. The minimum atomic E-state index is -0.234. The van der Waals surface area contributed by atoms with Gasteiger partial charge in [0.05, 0.1) is 5.52 Å². The molecule has 4 nitrogen and oxygen atoms in total. The predicted octanol–water partition coefficient (Wildman–Crippen LogP) is 3.16. The molecular formula is C14H13FN4. The van der Waals surface area contributed by atoms with Crippen LogP contribution in [-0.2, 0) is 7.05 Å². The summed E-state index contributed by atoms with van der Waals surface area (Å²) in [5.74, 6) is 0.438. The highest BCUT2D eigenvalue weighted by Crippen LogP contribution is 2.25. The van der Waals surface area contributed by atoms with Crippen molar-refractivity contribution in [2.45, 2.75) is 6.92 Å². The van der Waals surface area contributed by atoms with Gasteiger partial charge in [0, 0.05) is 24.5 Å². The van der Waals surface area contributed by atoms with Crippen LogP contribution in [0, 0.1) is 12.7 Å². The van der Waals surface area contributed by atoms with Crippen LogP contribution in [0.25, 0.3) is 11.0 Å². The van der Waals surface area contributed by atoms with E-state index in [1.165, 1.54) is 12.4 Å². The lowest BCUT2D eigenvalue weighted by Crippen LogP contribution is -2.00. The van der Waals surface area contributed by atoms with Gasteiger partial charge in [-0.2, -0.15) is 0 Å². The molecule has 0 aliphatic rings. The second kappa shape index (κ2) is 4.35. The Kier molecular flexibility index (Phi) is 2.67. The molecule has 1 aromatic carbocycles. The van der Waals surface area contributed by atoms with Gasteiger partial charge in [0.25, 0.3) is 0 Å². The van der Waals surface area contributed by atoms with E-state index >= 15 is 0 Å². The number of anilines is 2. The molecule has 0 aliphatic carbocycles. The van der Waals surface area contributed by atoms with E-state index in [9.17, 15) is 4.39 Å². The Labute approximate surface area is 109 Å². The number of halogens is 1. The zero-order valence-corrected chi connectivity index (χ0v) is 10.7. The molecule has 0 saturated heterocycles. The lowest BCUT2D eigenvalue weighted by atomic mass is 10.2. The smallest absolute Gasteiger partial charge is 0.158 e. The maximum atomic E-state index is 13.5. The molecule has 0 bridgehead atoms. The number of rotatable bonds is 2. The number of nitrogens with zero attached hydrogens (tertiary/aromatic N) is 3. The summed E-state index contributed by atoms with van der Waals surface area (Å²) in [6, 6.07) is 6.86. The molecule has 0 spiro atoms. The van der Waals surface area contributed by atoms with Crippen molar-refractivity contribution in [2.75, 3.05) is 5.32 Å². The number of nitrogens with one attached hydrogen (secondary N) is 1. The highest BCUT2D eigenvalue weighted by atomic mass is 19.1. The van der Waals surface area contributed by atoms with Crippen LogP contribution >= 0.6 is 0 Å². The van der Waals surface area contributed by atoms with Crippen molar-refractivity contribution < 1.29 is 4.39 Å². The van der Waals surface area contributed by atoms with E-state index in [2.05, 4.69) is 15.3 Å². The molecule has 0 radical (unpaired) electrons. The molecule has 0 fully saturated rings. The zero-order chi connectivity index (χ0) is 13.4. The van der Waals surface area contributed by atoms with Crippen molar-refractivity contribution in [1.29, 1.82) is 0 Å². The van der Waals surface area contributed by atoms with Crippen molar-refractivity contribution in [3.63, 3.8) is 0 Å². The standard InChI is InChI=1S/C14H13FN4/c1-9-10(15)4-3-5-11(9)18-14-13-12(16-8-17-14)6-7-19(13)2/h3-8H,1-2H3,(H,16,17,18). The van der Waals surface area contributed by atoms with E-state index in [1.54, 1.807) is 13.0 Å². The van der Waals surface area contributed by atoms with E-state index in [1.807, 2.05) is 29.9 Å². The normalized spacial score (nSPS) is 10.9. The molecule has 0 aliphatic heterocycles. The van der Waals surface area contributed by atoms with Gasteiger partial charge in [-0.25, -0.2) is 14.4 Å². The number of hydrogen-bond acceptors (Lipinski definition) is 3. The number of benzene rings is 1. The van der Waals surface area contributed by atoms with Crippen LogP contribution in [0.3, 0.4) is 0 Å². The fourth-order valence-corrected chi connectivity index (χ4v) is 2.08. The molecule has 19 heavy (non-hydrogen) atoms.